The van der Waals surface area contributed by atoms with Crippen LogP contribution in [0.1, 0.15) is 24.8 Å². The average molecular weight is 385 g/mol. The number of benzene rings is 1. The number of aromatic nitrogens is 2. The molecule has 0 aliphatic carbocycles. The minimum Gasteiger partial charge on any atom is -0.453 e. The molecule has 1 N–H and O–H groups in total. The fourth-order valence-electron chi connectivity index (χ4n) is 2.26. The van der Waals surface area contributed by atoms with E-state index in [1.165, 1.54) is 18.3 Å². The number of anilines is 1. The third-order valence-electron chi connectivity index (χ3n) is 3.75. The van der Waals surface area contributed by atoms with Crippen LogP contribution in [0.15, 0.2) is 46.3 Å². The summed E-state index contributed by atoms with van der Waals surface area (Å²) in [5, 5.41) is 8.52. The number of amides is 1. The lowest BCUT2D eigenvalue weighted by atomic mass is 10.2. The van der Waals surface area contributed by atoms with Gasteiger partial charge in [-0.15, -0.1) is 11.3 Å². The van der Waals surface area contributed by atoms with Gasteiger partial charge in [0.25, 0.3) is 5.91 Å². The average Bonchev–Trinajstić information content (AvgIpc) is 3.33. The molecule has 3 aromatic rings. The Balaban J connectivity index is 1.45. The molecule has 0 aliphatic heterocycles. The Hall–Kier alpha value is -3.00. The summed E-state index contributed by atoms with van der Waals surface area (Å²) in [6.07, 6.45) is -0.597. The number of ether oxygens (including phenoxy) is 1. The monoisotopic (exact) mass is 385 g/mol. The largest absolute Gasteiger partial charge is 0.453 e. The molecule has 1 aromatic carbocycles. The van der Waals surface area contributed by atoms with Crippen molar-refractivity contribution in [3.8, 4) is 10.7 Å². The SMILES string of the molecule is Cc1ccc(NC(=O)[C@H](C)OC(=O)CCc2nc(-c3cccs3)no2)cc1. The van der Waals surface area contributed by atoms with Crippen LogP contribution in [-0.4, -0.2) is 28.1 Å². The van der Waals surface area contributed by atoms with E-state index in [1.54, 1.807) is 12.1 Å². The van der Waals surface area contributed by atoms with Gasteiger partial charge in [0.15, 0.2) is 6.10 Å². The number of hydrogen-bond acceptors (Lipinski definition) is 7. The molecule has 7 nitrogen and oxygen atoms in total. The van der Waals surface area contributed by atoms with E-state index in [0.29, 0.717) is 17.4 Å². The number of nitrogens with zero attached hydrogens (tertiary/aromatic N) is 2. The number of aryl methyl sites for hydroxylation is 2. The highest BCUT2D eigenvalue weighted by Gasteiger charge is 2.19. The van der Waals surface area contributed by atoms with E-state index in [9.17, 15) is 9.59 Å². The fourth-order valence-corrected chi connectivity index (χ4v) is 2.91. The van der Waals surface area contributed by atoms with Crippen LogP contribution in [0.5, 0.6) is 0 Å². The van der Waals surface area contributed by atoms with Gasteiger partial charge in [0.2, 0.25) is 11.7 Å². The lowest BCUT2D eigenvalue weighted by Gasteiger charge is -2.13. The van der Waals surface area contributed by atoms with E-state index in [-0.39, 0.29) is 18.7 Å². The van der Waals surface area contributed by atoms with Crippen molar-refractivity contribution in [2.75, 3.05) is 5.32 Å². The molecule has 2 heterocycles. The molecule has 27 heavy (non-hydrogen) atoms. The highest BCUT2D eigenvalue weighted by atomic mass is 32.1. The van der Waals surface area contributed by atoms with Gasteiger partial charge in [-0.05, 0) is 37.4 Å². The second-order valence-corrected chi connectivity index (χ2v) is 6.92. The van der Waals surface area contributed by atoms with Crippen molar-refractivity contribution in [2.24, 2.45) is 0 Å². The zero-order valence-electron chi connectivity index (χ0n) is 15.0. The van der Waals surface area contributed by atoms with E-state index < -0.39 is 12.1 Å². The highest BCUT2D eigenvalue weighted by molar-refractivity contribution is 7.13. The first kappa shape index (κ1) is 18.8. The minimum atomic E-state index is -0.900. The van der Waals surface area contributed by atoms with Crippen molar-refractivity contribution in [3.05, 3.63) is 53.2 Å². The number of esters is 1. The first-order chi connectivity index (χ1) is 13.0. The molecule has 2 aromatic heterocycles. The molecule has 0 spiro atoms. The summed E-state index contributed by atoms with van der Waals surface area (Å²) in [6.45, 7) is 3.49. The highest BCUT2D eigenvalue weighted by Crippen LogP contribution is 2.21. The number of carbonyl (C=O) groups excluding carboxylic acids is 2. The number of thiophene rings is 1. The van der Waals surface area contributed by atoms with Gasteiger partial charge in [-0.2, -0.15) is 4.98 Å². The van der Waals surface area contributed by atoms with Gasteiger partial charge < -0.3 is 14.6 Å². The second kappa shape index (κ2) is 8.59. The van der Waals surface area contributed by atoms with Gasteiger partial charge in [0.1, 0.15) is 0 Å². The summed E-state index contributed by atoms with van der Waals surface area (Å²) < 4.78 is 10.3. The molecule has 3 rings (SSSR count). The third kappa shape index (κ3) is 5.24. The number of nitrogens with one attached hydrogen (secondary N) is 1. The van der Waals surface area contributed by atoms with Crippen LogP contribution in [0.2, 0.25) is 0 Å². The Labute approximate surface area is 160 Å². The lowest BCUT2D eigenvalue weighted by molar-refractivity contribution is -0.153. The van der Waals surface area contributed by atoms with E-state index in [1.807, 2.05) is 36.6 Å². The summed E-state index contributed by atoms with van der Waals surface area (Å²) in [5.74, 6) is -0.0336. The van der Waals surface area contributed by atoms with Crippen LogP contribution in [-0.2, 0) is 20.7 Å². The molecule has 0 saturated carbocycles. The minimum absolute atomic E-state index is 0.0498. The molecule has 140 valence electrons. The first-order valence-corrected chi connectivity index (χ1v) is 9.32. The molecule has 1 atom stereocenters. The van der Waals surface area contributed by atoms with E-state index in [2.05, 4.69) is 15.5 Å². The van der Waals surface area contributed by atoms with Crippen molar-refractivity contribution in [2.45, 2.75) is 32.8 Å². The second-order valence-electron chi connectivity index (χ2n) is 5.98. The van der Waals surface area contributed by atoms with Crippen LogP contribution in [0.3, 0.4) is 0 Å². The Morgan fingerprint density at radius 2 is 2.04 bits per heavy atom. The molecule has 1 amide bonds. The van der Waals surface area contributed by atoms with Gasteiger partial charge >= 0.3 is 5.97 Å². The molecule has 0 aliphatic rings. The van der Waals surface area contributed by atoms with Gasteiger partial charge in [0, 0.05) is 12.1 Å². The number of rotatable bonds is 7. The number of hydrogen-bond donors (Lipinski definition) is 1. The Morgan fingerprint density at radius 1 is 1.26 bits per heavy atom. The quantitative estimate of drug-likeness (QED) is 0.625. The van der Waals surface area contributed by atoms with Crippen molar-refractivity contribution in [1.29, 1.82) is 0 Å². The fraction of sp³-hybridized carbons (Fsp3) is 0.263. The maximum absolute atomic E-state index is 12.1. The predicted molar refractivity (Wildman–Crippen MR) is 101 cm³/mol. The van der Waals surface area contributed by atoms with Crippen LogP contribution < -0.4 is 5.32 Å². The van der Waals surface area contributed by atoms with Crippen LogP contribution >= 0.6 is 11.3 Å². The van der Waals surface area contributed by atoms with E-state index in [0.717, 1.165) is 10.4 Å². The summed E-state index contributed by atoms with van der Waals surface area (Å²) >= 11 is 1.51. The molecule has 0 fully saturated rings. The molecule has 0 bridgehead atoms. The van der Waals surface area contributed by atoms with Crippen molar-refractivity contribution in [3.63, 3.8) is 0 Å². The molecule has 0 radical (unpaired) electrons. The first-order valence-electron chi connectivity index (χ1n) is 8.45. The lowest BCUT2D eigenvalue weighted by Crippen LogP contribution is -2.30. The Morgan fingerprint density at radius 3 is 2.74 bits per heavy atom. The Bertz CT molecular complexity index is 903. The zero-order valence-corrected chi connectivity index (χ0v) is 15.8. The standard InChI is InChI=1S/C19H19N3O4S/c1-12-5-7-14(8-6-12)20-19(24)13(2)25-17(23)10-9-16-21-18(22-26-16)15-4-3-11-27-15/h3-8,11,13H,9-10H2,1-2H3,(H,20,24)/t13-/m0/s1. The summed E-state index contributed by atoms with van der Waals surface area (Å²) in [5.41, 5.74) is 1.75. The number of carbonyl (C=O) groups is 2. The van der Waals surface area contributed by atoms with Crippen molar-refractivity contribution < 1.29 is 18.8 Å². The van der Waals surface area contributed by atoms with E-state index in [4.69, 9.17) is 9.26 Å². The van der Waals surface area contributed by atoms with Crippen LogP contribution in [0, 0.1) is 6.92 Å². The summed E-state index contributed by atoms with van der Waals surface area (Å²) in [6, 6.07) is 11.2. The van der Waals surface area contributed by atoms with Gasteiger partial charge in [-0.1, -0.05) is 28.9 Å². The zero-order chi connectivity index (χ0) is 19.2. The molecular formula is C19H19N3O4S. The molecule has 8 heteroatoms. The van der Waals surface area contributed by atoms with Crippen LogP contribution in [0.4, 0.5) is 5.69 Å². The maximum atomic E-state index is 12.1. The molecule has 0 saturated heterocycles. The van der Waals surface area contributed by atoms with Crippen molar-refractivity contribution >= 4 is 28.9 Å². The smallest absolute Gasteiger partial charge is 0.307 e. The normalized spacial score (nSPS) is 11.8. The predicted octanol–water partition coefficient (Wildman–Crippen LogP) is 3.61. The Kier molecular flexibility index (Phi) is 5.97. The van der Waals surface area contributed by atoms with Crippen LogP contribution in [0.25, 0.3) is 10.7 Å². The molecular weight excluding hydrogens is 366 g/mol. The van der Waals surface area contributed by atoms with Gasteiger partial charge in [0.05, 0.1) is 11.3 Å². The molecule has 0 unspecified atom stereocenters. The summed E-state index contributed by atoms with van der Waals surface area (Å²) in [4.78, 5) is 29.2. The third-order valence-corrected chi connectivity index (χ3v) is 4.62. The topological polar surface area (TPSA) is 94.3 Å². The van der Waals surface area contributed by atoms with Gasteiger partial charge in [-0.3, -0.25) is 9.59 Å². The van der Waals surface area contributed by atoms with E-state index >= 15 is 0 Å². The van der Waals surface area contributed by atoms with Gasteiger partial charge in [-0.25, -0.2) is 0 Å². The maximum Gasteiger partial charge on any atom is 0.307 e. The summed E-state index contributed by atoms with van der Waals surface area (Å²) in [7, 11) is 0. The van der Waals surface area contributed by atoms with Crippen molar-refractivity contribution in [1.82, 2.24) is 10.1 Å².